The molecule has 1 saturated heterocycles. The van der Waals surface area contributed by atoms with Crippen molar-refractivity contribution in [3.05, 3.63) is 65.6 Å². The number of halogens is 4. The number of nitrogens with one attached hydrogen (secondary N) is 1. The Morgan fingerprint density at radius 2 is 1.74 bits per heavy atom. The smallest absolute Gasteiger partial charge is 0.368 e. The number of aromatic nitrogens is 1. The number of nitrogens with zero attached hydrogens (tertiary/aromatic N) is 2. The quantitative estimate of drug-likeness (QED) is 0.730. The van der Waals surface area contributed by atoms with E-state index in [0.29, 0.717) is 23.2 Å². The maximum Gasteiger partial charge on any atom is 0.433 e. The highest BCUT2D eigenvalue weighted by Gasteiger charge is 2.33. The fourth-order valence-electron chi connectivity index (χ4n) is 3.14. The van der Waals surface area contributed by atoms with Crippen molar-refractivity contribution in [2.45, 2.75) is 19.0 Å². The van der Waals surface area contributed by atoms with Gasteiger partial charge in [-0.1, -0.05) is 18.7 Å². The lowest BCUT2D eigenvalue weighted by Crippen LogP contribution is -2.26. The normalized spacial score (nSPS) is 15.1. The molecule has 0 unspecified atom stereocenters. The minimum Gasteiger partial charge on any atom is -0.368 e. The van der Waals surface area contributed by atoms with Crippen LogP contribution in [0.2, 0.25) is 0 Å². The molecule has 0 amide bonds. The van der Waals surface area contributed by atoms with Crippen LogP contribution in [0.5, 0.6) is 0 Å². The number of benzene rings is 1. The number of alkyl halides is 3. The Morgan fingerprint density at radius 3 is 2.37 bits per heavy atom. The minimum absolute atomic E-state index is 0.137. The molecule has 7 heteroatoms. The van der Waals surface area contributed by atoms with Crippen molar-refractivity contribution in [1.82, 2.24) is 9.88 Å². The number of hydrogen-bond acceptors (Lipinski definition) is 3. The summed E-state index contributed by atoms with van der Waals surface area (Å²) in [6.45, 7) is 7.20. The van der Waals surface area contributed by atoms with E-state index in [1.54, 1.807) is 12.1 Å². The van der Waals surface area contributed by atoms with E-state index in [1.807, 2.05) is 0 Å². The maximum atomic E-state index is 13.1. The summed E-state index contributed by atoms with van der Waals surface area (Å²) in [5.74, 6) is -0.251. The molecule has 0 spiro atoms. The fraction of sp³-hybridized carbons (Fsp3) is 0.350. The zero-order chi connectivity index (χ0) is 19.4. The summed E-state index contributed by atoms with van der Waals surface area (Å²) >= 11 is 0. The number of rotatable bonds is 6. The van der Waals surface area contributed by atoms with Crippen LogP contribution in [0.25, 0.3) is 5.57 Å². The Labute approximate surface area is 155 Å². The molecule has 3 rings (SSSR count). The Morgan fingerprint density at radius 1 is 1.07 bits per heavy atom. The van der Waals surface area contributed by atoms with Gasteiger partial charge in [-0.2, -0.15) is 13.2 Å². The van der Waals surface area contributed by atoms with E-state index in [1.165, 1.54) is 18.2 Å². The first-order chi connectivity index (χ1) is 12.8. The van der Waals surface area contributed by atoms with Gasteiger partial charge < -0.3 is 10.2 Å². The summed E-state index contributed by atoms with van der Waals surface area (Å²) in [6, 6.07) is 7.97. The molecule has 27 heavy (non-hydrogen) atoms. The van der Waals surface area contributed by atoms with Crippen molar-refractivity contribution in [3.63, 3.8) is 0 Å². The number of hydrogen-bond donors (Lipinski definition) is 1. The number of likely N-dealkylation sites (tertiary alicyclic amines) is 1. The van der Waals surface area contributed by atoms with Crippen molar-refractivity contribution in [2.75, 3.05) is 31.5 Å². The standard InChI is InChI=1S/C20H21F4N3/c1-14(15-4-6-16(21)7-5-15)17-8-9-18(20(22,23)24)26-19(17)25-10-13-27-11-2-3-12-27/h4-9H,1-3,10-13H2,(H,25,26). The molecule has 0 radical (unpaired) electrons. The van der Waals surface area contributed by atoms with Crippen molar-refractivity contribution in [2.24, 2.45) is 0 Å². The van der Waals surface area contributed by atoms with Gasteiger partial charge in [0.15, 0.2) is 0 Å². The van der Waals surface area contributed by atoms with E-state index in [4.69, 9.17) is 0 Å². The second kappa shape index (κ2) is 8.08. The first-order valence-electron chi connectivity index (χ1n) is 8.84. The summed E-state index contributed by atoms with van der Waals surface area (Å²) in [4.78, 5) is 6.04. The first kappa shape index (κ1) is 19.4. The molecule has 1 N–H and O–H groups in total. The van der Waals surface area contributed by atoms with Crippen LogP contribution in [-0.4, -0.2) is 36.1 Å². The van der Waals surface area contributed by atoms with Crippen LogP contribution in [0.15, 0.2) is 43.0 Å². The lowest BCUT2D eigenvalue weighted by atomic mass is 9.99. The second-order valence-corrected chi connectivity index (χ2v) is 6.55. The number of pyridine rings is 1. The van der Waals surface area contributed by atoms with Gasteiger partial charge in [-0.3, -0.25) is 0 Å². The topological polar surface area (TPSA) is 28.2 Å². The molecule has 144 valence electrons. The molecular formula is C20H21F4N3. The van der Waals surface area contributed by atoms with Gasteiger partial charge in [-0.15, -0.1) is 0 Å². The second-order valence-electron chi connectivity index (χ2n) is 6.55. The summed E-state index contributed by atoms with van der Waals surface area (Å²) in [7, 11) is 0. The van der Waals surface area contributed by atoms with Crippen LogP contribution >= 0.6 is 0 Å². The van der Waals surface area contributed by atoms with Gasteiger partial charge in [-0.05, 0) is 61.3 Å². The Hall–Kier alpha value is -2.41. The molecule has 1 fully saturated rings. The maximum absolute atomic E-state index is 13.1. The van der Waals surface area contributed by atoms with Gasteiger partial charge in [0.05, 0.1) is 0 Å². The molecule has 2 aromatic rings. The van der Waals surface area contributed by atoms with Crippen molar-refractivity contribution >= 4 is 11.4 Å². The largest absolute Gasteiger partial charge is 0.433 e. The highest BCUT2D eigenvalue weighted by molar-refractivity contribution is 5.83. The predicted molar refractivity (Wildman–Crippen MR) is 97.9 cm³/mol. The monoisotopic (exact) mass is 379 g/mol. The van der Waals surface area contributed by atoms with E-state index in [2.05, 4.69) is 21.8 Å². The third-order valence-electron chi connectivity index (χ3n) is 4.62. The highest BCUT2D eigenvalue weighted by Crippen LogP contribution is 2.33. The van der Waals surface area contributed by atoms with Gasteiger partial charge in [-0.25, -0.2) is 9.37 Å². The first-order valence-corrected chi connectivity index (χ1v) is 8.84. The molecular weight excluding hydrogens is 358 g/mol. The van der Waals surface area contributed by atoms with E-state index < -0.39 is 11.9 Å². The molecule has 1 aliphatic heterocycles. The third-order valence-corrected chi connectivity index (χ3v) is 4.62. The molecule has 0 atom stereocenters. The molecule has 2 heterocycles. The summed E-state index contributed by atoms with van der Waals surface area (Å²) in [5, 5.41) is 3.03. The van der Waals surface area contributed by atoms with Crippen LogP contribution in [0.4, 0.5) is 23.4 Å². The third kappa shape index (κ3) is 4.86. The van der Waals surface area contributed by atoms with Crippen molar-refractivity contribution in [1.29, 1.82) is 0 Å². The van der Waals surface area contributed by atoms with Gasteiger partial charge in [0.25, 0.3) is 0 Å². The fourth-order valence-corrected chi connectivity index (χ4v) is 3.14. The van der Waals surface area contributed by atoms with Crippen LogP contribution in [0, 0.1) is 5.82 Å². The summed E-state index contributed by atoms with van der Waals surface area (Å²) in [6.07, 6.45) is -2.23. The summed E-state index contributed by atoms with van der Waals surface area (Å²) < 4.78 is 52.4. The van der Waals surface area contributed by atoms with Gasteiger partial charge >= 0.3 is 6.18 Å². The average Bonchev–Trinajstić information content (AvgIpc) is 3.14. The summed E-state index contributed by atoms with van der Waals surface area (Å²) in [5.41, 5.74) is 0.623. The van der Waals surface area contributed by atoms with Crippen LogP contribution in [-0.2, 0) is 6.18 Å². The minimum atomic E-state index is -4.53. The molecule has 0 aliphatic carbocycles. The van der Waals surface area contributed by atoms with Gasteiger partial charge in [0.1, 0.15) is 17.3 Å². The zero-order valence-electron chi connectivity index (χ0n) is 14.8. The average molecular weight is 379 g/mol. The van der Waals surface area contributed by atoms with E-state index >= 15 is 0 Å². The molecule has 1 aliphatic rings. The Balaban J connectivity index is 1.84. The SMILES string of the molecule is C=C(c1ccc(F)cc1)c1ccc(C(F)(F)F)nc1NCCN1CCCC1. The molecule has 3 nitrogen and oxygen atoms in total. The number of anilines is 1. The Bertz CT molecular complexity index is 794. The zero-order valence-corrected chi connectivity index (χ0v) is 14.8. The molecule has 0 bridgehead atoms. The molecule has 0 saturated carbocycles. The van der Waals surface area contributed by atoms with E-state index in [-0.39, 0.29) is 11.6 Å². The Kier molecular flexibility index (Phi) is 5.79. The van der Waals surface area contributed by atoms with Crippen LogP contribution in [0.3, 0.4) is 0 Å². The van der Waals surface area contributed by atoms with Crippen molar-refractivity contribution < 1.29 is 17.6 Å². The lowest BCUT2D eigenvalue weighted by molar-refractivity contribution is -0.141. The van der Waals surface area contributed by atoms with E-state index in [0.717, 1.165) is 38.5 Å². The molecule has 1 aromatic carbocycles. The lowest BCUT2D eigenvalue weighted by Gasteiger charge is -2.18. The molecule has 1 aromatic heterocycles. The highest BCUT2D eigenvalue weighted by atomic mass is 19.4. The van der Waals surface area contributed by atoms with E-state index in [9.17, 15) is 17.6 Å². The van der Waals surface area contributed by atoms with Crippen LogP contribution < -0.4 is 5.32 Å². The van der Waals surface area contributed by atoms with Crippen LogP contribution in [0.1, 0.15) is 29.7 Å². The predicted octanol–water partition coefficient (Wildman–Crippen LogP) is 4.81. The van der Waals surface area contributed by atoms with Gasteiger partial charge in [0, 0.05) is 18.7 Å². The van der Waals surface area contributed by atoms with Crippen molar-refractivity contribution in [3.8, 4) is 0 Å². The van der Waals surface area contributed by atoms with Gasteiger partial charge in [0.2, 0.25) is 0 Å².